The molecule has 0 saturated carbocycles. The van der Waals surface area contributed by atoms with E-state index in [9.17, 15) is 4.79 Å². The van der Waals surface area contributed by atoms with Gasteiger partial charge < -0.3 is 19.1 Å². The maximum absolute atomic E-state index is 12.6. The lowest BCUT2D eigenvalue weighted by Gasteiger charge is -2.30. The van der Waals surface area contributed by atoms with Crippen LogP contribution in [0.2, 0.25) is 10.0 Å². The third-order valence-electron chi connectivity index (χ3n) is 4.49. The molecule has 1 heterocycles. The highest BCUT2D eigenvalue weighted by molar-refractivity contribution is 6.37. The van der Waals surface area contributed by atoms with Gasteiger partial charge in [-0.05, 0) is 55.7 Å². The molecule has 150 valence electrons. The van der Waals surface area contributed by atoms with Gasteiger partial charge in [0.05, 0.1) is 23.3 Å². The minimum Gasteiger partial charge on any atom is -0.490 e. The lowest BCUT2D eigenvalue weighted by atomic mass is 9.98. The number of fused-ring (bicyclic) bond motifs is 1. The SMILES string of the molecule is CCOc1cc2c(cc1OCC)CN(C(=O)COc1c(Cl)cccc1Cl)CC2. The number of carbonyl (C=O) groups is 1. The summed E-state index contributed by atoms with van der Waals surface area (Å²) >= 11 is 12.2. The number of hydrogen-bond acceptors (Lipinski definition) is 4. The Balaban J connectivity index is 1.70. The van der Waals surface area contributed by atoms with Crippen molar-refractivity contribution in [3.05, 3.63) is 51.5 Å². The fraction of sp³-hybridized carbons (Fsp3) is 0.381. The third-order valence-corrected chi connectivity index (χ3v) is 5.08. The highest BCUT2D eigenvalue weighted by atomic mass is 35.5. The zero-order chi connectivity index (χ0) is 20.1. The molecule has 1 aliphatic heterocycles. The van der Waals surface area contributed by atoms with Gasteiger partial charge in [-0.15, -0.1) is 0 Å². The van der Waals surface area contributed by atoms with Crippen LogP contribution >= 0.6 is 23.2 Å². The molecule has 1 aliphatic rings. The monoisotopic (exact) mass is 423 g/mol. The molecule has 0 N–H and O–H groups in total. The first-order valence-corrected chi connectivity index (χ1v) is 10.0. The smallest absolute Gasteiger partial charge is 0.260 e. The van der Waals surface area contributed by atoms with E-state index in [-0.39, 0.29) is 12.5 Å². The normalized spacial score (nSPS) is 13.1. The van der Waals surface area contributed by atoms with Crippen LogP contribution < -0.4 is 14.2 Å². The maximum Gasteiger partial charge on any atom is 0.260 e. The zero-order valence-electron chi connectivity index (χ0n) is 16.0. The van der Waals surface area contributed by atoms with Crippen molar-refractivity contribution in [3.63, 3.8) is 0 Å². The van der Waals surface area contributed by atoms with Gasteiger partial charge in [-0.2, -0.15) is 0 Å². The Kier molecular flexibility index (Phi) is 6.92. The molecule has 0 unspecified atom stereocenters. The van der Waals surface area contributed by atoms with Crippen molar-refractivity contribution in [1.82, 2.24) is 4.90 Å². The summed E-state index contributed by atoms with van der Waals surface area (Å²) < 4.78 is 17.0. The van der Waals surface area contributed by atoms with Crippen LogP contribution in [0, 0.1) is 0 Å². The van der Waals surface area contributed by atoms with Gasteiger partial charge in [0, 0.05) is 13.1 Å². The van der Waals surface area contributed by atoms with Crippen molar-refractivity contribution in [3.8, 4) is 17.2 Å². The van der Waals surface area contributed by atoms with Crippen LogP contribution in [0.1, 0.15) is 25.0 Å². The molecule has 1 amide bonds. The largest absolute Gasteiger partial charge is 0.490 e. The fourth-order valence-electron chi connectivity index (χ4n) is 3.16. The van der Waals surface area contributed by atoms with Gasteiger partial charge in [-0.25, -0.2) is 0 Å². The Labute approximate surface area is 175 Å². The molecule has 0 aromatic heterocycles. The summed E-state index contributed by atoms with van der Waals surface area (Å²) in [6, 6.07) is 9.07. The van der Waals surface area contributed by atoms with Crippen molar-refractivity contribution < 1.29 is 19.0 Å². The van der Waals surface area contributed by atoms with Gasteiger partial charge >= 0.3 is 0 Å². The summed E-state index contributed by atoms with van der Waals surface area (Å²) in [4.78, 5) is 14.4. The molecule has 0 radical (unpaired) electrons. The van der Waals surface area contributed by atoms with E-state index in [2.05, 4.69) is 0 Å². The summed E-state index contributed by atoms with van der Waals surface area (Å²) in [5, 5.41) is 0.767. The number of nitrogens with zero attached hydrogens (tertiary/aromatic N) is 1. The number of hydrogen-bond donors (Lipinski definition) is 0. The summed E-state index contributed by atoms with van der Waals surface area (Å²) in [6.45, 7) is 6.00. The van der Waals surface area contributed by atoms with Gasteiger partial charge in [-0.1, -0.05) is 29.3 Å². The molecule has 2 aromatic rings. The predicted molar refractivity (Wildman–Crippen MR) is 110 cm³/mol. The number of benzene rings is 2. The highest BCUT2D eigenvalue weighted by Crippen LogP contribution is 2.35. The van der Waals surface area contributed by atoms with E-state index in [0.29, 0.717) is 47.8 Å². The molecule has 3 rings (SSSR count). The van der Waals surface area contributed by atoms with Gasteiger partial charge in [-0.3, -0.25) is 4.79 Å². The molecule has 0 bridgehead atoms. The number of ether oxygens (including phenoxy) is 3. The summed E-state index contributed by atoms with van der Waals surface area (Å²) in [5.74, 6) is 1.67. The van der Waals surface area contributed by atoms with E-state index in [1.807, 2.05) is 26.0 Å². The maximum atomic E-state index is 12.6. The van der Waals surface area contributed by atoms with Crippen molar-refractivity contribution >= 4 is 29.1 Å². The Hall–Kier alpha value is -2.11. The molecule has 7 heteroatoms. The molecule has 0 spiro atoms. The second-order valence-corrected chi connectivity index (χ2v) is 7.15. The summed E-state index contributed by atoms with van der Waals surface area (Å²) in [7, 11) is 0. The lowest BCUT2D eigenvalue weighted by molar-refractivity contribution is -0.134. The average molecular weight is 424 g/mol. The second kappa shape index (κ2) is 9.39. The van der Waals surface area contributed by atoms with Gasteiger partial charge in [0.2, 0.25) is 0 Å². The minimum absolute atomic E-state index is 0.117. The van der Waals surface area contributed by atoms with Crippen molar-refractivity contribution in [2.45, 2.75) is 26.8 Å². The standard InChI is InChI=1S/C21H23Cl2NO4/c1-3-26-18-10-14-8-9-24(12-15(14)11-19(18)27-4-2)20(25)13-28-21-16(22)6-5-7-17(21)23/h5-7,10-11H,3-4,8-9,12-13H2,1-2H3. The number of halogens is 2. The van der Waals surface area contributed by atoms with E-state index < -0.39 is 0 Å². The van der Waals surface area contributed by atoms with Gasteiger partial charge in [0.1, 0.15) is 0 Å². The fourth-order valence-corrected chi connectivity index (χ4v) is 3.67. The molecule has 0 fully saturated rings. The first kappa shape index (κ1) is 20.6. The average Bonchev–Trinajstić information content (AvgIpc) is 2.68. The van der Waals surface area contributed by atoms with Crippen LogP contribution in [0.4, 0.5) is 0 Å². The molecule has 0 saturated heterocycles. The van der Waals surface area contributed by atoms with Crippen molar-refractivity contribution in [2.24, 2.45) is 0 Å². The number of carbonyl (C=O) groups excluding carboxylic acids is 1. The Bertz CT molecular complexity index is 836. The zero-order valence-corrected chi connectivity index (χ0v) is 17.5. The van der Waals surface area contributed by atoms with E-state index in [4.69, 9.17) is 37.4 Å². The summed E-state index contributed by atoms with van der Waals surface area (Å²) in [6.07, 6.45) is 0.750. The van der Waals surface area contributed by atoms with Crippen molar-refractivity contribution in [2.75, 3.05) is 26.4 Å². The lowest BCUT2D eigenvalue weighted by Crippen LogP contribution is -2.38. The Morgan fingerprint density at radius 2 is 1.61 bits per heavy atom. The van der Waals surface area contributed by atoms with Crippen LogP contribution in [0.3, 0.4) is 0 Å². The van der Waals surface area contributed by atoms with Crippen LogP contribution in [0.5, 0.6) is 17.2 Å². The molecular weight excluding hydrogens is 401 g/mol. The molecule has 2 aromatic carbocycles. The van der Waals surface area contributed by atoms with Gasteiger partial charge in [0.25, 0.3) is 5.91 Å². The third kappa shape index (κ3) is 4.65. The molecule has 28 heavy (non-hydrogen) atoms. The quantitative estimate of drug-likeness (QED) is 0.644. The Morgan fingerprint density at radius 3 is 2.21 bits per heavy atom. The van der Waals surface area contributed by atoms with E-state index in [1.54, 1.807) is 23.1 Å². The molecule has 5 nitrogen and oxygen atoms in total. The van der Waals surface area contributed by atoms with Crippen molar-refractivity contribution in [1.29, 1.82) is 0 Å². The first-order valence-electron chi connectivity index (χ1n) is 9.29. The van der Waals surface area contributed by atoms with E-state index in [0.717, 1.165) is 17.7 Å². The minimum atomic E-state index is -0.117. The van der Waals surface area contributed by atoms with Gasteiger partial charge in [0.15, 0.2) is 23.9 Å². The first-order chi connectivity index (χ1) is 13.5. The number of rotatable bonds is 7. The molecule has 0 aliphatic carbocycles. The number of amides is 1. The second-order valence-electron chi connectivity index (χ2n) is 6.34. The highest BCUT2D eigenvalue weighted by Gasteiger charge is 2.24. The molecule has 0 atom stereocenters. The summed E-state index contributed by atoms with van der Waals surface area (Å²) in [5.41, 5.74) is 2.23. The predicted octanol–water partition coefficient (Wildman–Crippen LogP) is 4.75. The van der Waals surface area contributed by atoms with Crippen LogP contribution in [0.15, 0.2) is 30.3 Å². The Morgan fingerprint density at radius 1 is 1.00 bits per heavy atom. The number of para-hydroxylation sites is 1. The van der Waals surface area contributed by atoms with E-state index >= 15 is 0 Å². The van der Waals surface area contributed by atoms with Crippen LogP contribution in [0.25, 0.3) is 0 Å². The van der Waals surface area contributed by atoms with Crippen LogP contribution in [-0.4, -0.2) is 37.2 Å². The van der Waals surface area contributed by atoms with E-state index in [1.165, 1.54) is 5.56 Å². The molecular formula is C21H23Cl2NO4. The topological polar surface area (TPSA) is 48.0 Å². The van der Waals surface area contributed by atoms with Crippen LogP contribution in [-0.2, 0) is 17.8 Å².